The Hall–Kier alpha value is -1.31. The highest BCUT2D eigenvalue weighted by molar-refractivity contribution is 6.04. The van der Waals surface area contributed by atoms with Crippen molar-refractivity contribution in [2.45, 2.75) is 32.6 Å². The summed E-state index contributed by atoms with van der Waals surface area (Å²) in [4.78, 5) is 11.6. The van der Waals surface area contributed by atoms with Crippen molar-refractivity contribution in [1.29, 1.82) is 0 Å². The van der Waals surface area contributed by atoms with Crippen LogP contribution in [-0.4, -0.2) is 10.9 Å². The molecule has 0 radical (unpaired) electrons. The summed E-state index contributed by atoms with van der Waals surface area (Å²) in [5.74, 6) is 0.492. The van der Waals surface area contributed by atoms with Crippen LogP contribution in [0.15, 0.2) is 12.1 Å². The maximum Gasteiger partial charge on any atom is 0.167 e. The highest BCUT2D eigenvalue weighted by Gasteiger charge is 2.30. The molecule has 0 spiro atoms. The van der Waals surface area contributed by atoms with Gasteiger partial charge in [0, 0.05) is 6.42 Å². The molecule has 2 heteroatoms. The van der Waals surface area contributed by atoms with Gasteiger partial charge >= 0.3 is 0 Å². The molecule has 1 aromatic rings. The Morgan fingerprint density at radius 2 is 2.21 bits per heavy atom. The van der Waals surface area contributed by atoms with Crippen molar-refractivity contribution in [1.82, 2.24) is 0 Å². The Kier molecular flexibility index (Phi) is 2.06. The van der Waals surface area contributed by atoms with E-state index in [0.29, 0.717) is 12.0 Å². The lowest BCUT2D eigenvalue weighted by Gasteiger charge is -2.10. The third-order valence-electron chi connectivity index (χ3n) is 2.96. The predicted octanol–water partition coefficient (Wildman–Crippen LogP) is 2.64. The van der Waals surface area contributed by atoms with Crippen LogP contribution in [0.2, 0.25) is 0 Å². The monoisotopic (exact) mass is 190 g/mol. The van der Waals surface area contributed by atoms with Crippen molar-refractivity contribution in [3.05, 3.63) is 28.8 Å². The van der Waals surface area contributed by atoms with E-state index in [9.17, 15) is 9.90 Å². The van der Waals surface area contributed by atoms with E-state index >= 15 is 0 Å². The average Bonchev–Trinajstić information content (AvgIpc) is 2.44. The maximum absolute atomic E-state index is 11.6. The lowest BCUT2D eigenvalue weighted by molar-refractivity contribution is 0.0988. The van der Waals surface area contributed by atoms with Gasteiger partial charge in [-0.1, -0.05) is 19.9 Å². The quantitative estimate of drug-likeness (QED) is 0.739. The molecule has 0 bridgehead atoms. The second-order valence-electron chi connectivity index (χ2n) is 3.91. The van der Waals surface area contributed by atoms with E-state index in [1.54, 1.807) is 6.07 Å². The third kappa shape index (κ3) is 1.14. The van der Waals surface area contributed by atoms with Gasteiger partial charge in [-0.2, -0.15) is 0 Å². The number of hydrogen-bond donors (Lipinski definition) is 1. The van der Waals surface area contributed by atoms with E-state index in [4.69, 9.17) is 0 Å². The zero-order valence-electron chi connectivity index (χ0n) is 8.50. The molecule has 1 atom stereocenters. The van der Waals surface area contributed by atoms with Gasteiger partial charge in [0.1, 0.15) is 5.75 Å². The smallest absolute Gasteiger partial charge is 0.167 e. The van der Waals surface area contributed by atoms with Crippen LogP contribution in [0.5, 0.6) is 5.75 Å². The van der Waals surface area contributed by atoms with E-state index in [0.717, 1.165) is 12.0 Å². The summed E-state index contributed by atoms with van der Waals surface area (Å²) >= 11 is 0. The molecule has 1 aliphatic carbocycles. The van der Waals surface area contributed by atoms with Gasteiger partial charge in [0.25, 0.3) is 0 Å². The number of carbonyl (C=O) groups is 1. The Labute approximate surface area is 83.6 Å². The number of benzene rings is 1. The van der Waals surface area contributed by atoms with Gasteiger partial charge in [0.15, 0.2) is 5.78 Å². The van der Waals surface area contributed by atoms with Crippen LogP contribution >= 0.6 is 0 Å². The molecule has 0 heterocycles. The number of phenols is 1. The van der Waals surface area contributed by atoms with E-state index in [1.807, 2.05) is 13.0 Å². The fourth-order valence-electron chi connectivity index (χ4n) is 2.30. The zero-order chi connectivity index (χ0) is 10.3. The first kappa shape index (κ1) is 9.25. The summed E-state index contributed by atoms with van der Waals surface area (Å²) in [6.45, 7) is 4.12. The van der Waals surface area contributed by atoms with Crippen molar-refractivity contribution in [2.24, 2.45) is 0 Å². The Bertz CT molecular complexity index is 394. The van der Waals surface area contributed by atoms with Crippen LogP contribution in [0.1, 0.15) is 47.7 Å². The molecule has 0 saturated carbocycles. The van der Waals surface area contributed by atoms with E-state index in [2.05, 4.69) is 6.92 Å². The van der Waals surface area contributed by atoms with E-state index < -0.39 is 0 Å². The molecule has 0 aliphatic heterocycles. The molecule has 1 aromatic carbocycles. The van der Waals surface area contributed by atoms with Gasteiger partial charge in [-0.15, -0.1) is 0 Å². The van der Waals surface area contributed by atoms with Gasteiger partial charge in [0.05, 0.1) is 5.56 Å². The molecule has 2 nitrogen and oxygen atoms in total. The van der Waals surface area contributed by atoms with Gasteiger partial charge in [-0.05, 0) is 29.5 Å². The predicted molar refractivity (Wildman–Crippen MR) is 54.8 cm³/mol. The van der Waals surface area contributed by atoms with Gasteiger partial charge in [-0.3, -0.25) is 4.79 Å². The number of aryl methyl sites for hydroxylation is 1. The summed E-state index contributed by atoms with van der Waals surface area (Å²) in [5, 5.41) is 9.62. The van der Waals surface area contributed by atoms with Gasteiger partial charge < -0.3 is 5.11 Å². The summed E-state index contributed by atoms with van der Waals surface area (Å²) in [6, 6.07) is 3.55. The molecule has 0 amide bonds. The Balaban J connectivity index is 2.69. The molecule has 74 valence electrons. The molecule has 0 fully saturated rings. The average molecular weight is 190 g/mol. The lowest BCUT2D eigenvalue weighted by Crippen LogP contribution is -1.96. The van der Waals surface area contributed by atoms with Crippen molar-refractivity contribution in [3.8, 4) is 5.75 Å². The maximum atomic E-state index is 11.6. The molecular weight excluding hydrogens is 176 g/mol. The fraction of sp³-hybridized carbons (Fsp3) is 0.417. The number of rotatable bonds is 1. The second-order valence-corrected chi connectivity index (χ2v) is 3.91. The SMILES string of the molecule is CCc1ccc(O)c2c1[C@H](C)CC2=O. The number of phenolic OH excluding ortho intramolecular Hbond substituents is 1. The topological polar surface area (TPSA) is 37.3 Å². The molecule has 0 unspecified atom stereocenters. The fourth-order valence-corrected chi connectivity index (χ4v) is 2.30. The van der Waals surface area contributed by atoms with Crippen LogP contribution in [0, 0.1) is 0 Å². The van der Waals surface area contributed by atoms with Crippen molar-refractivity contribution in [2.75, 3.05) is 0 Å². The second kappa shape index (κ2) is 3.12. The minimum atomic E-state index is 0.0836. The highest BCUT2D eigenvalue weighted by atomic mass is 16.3. The number of hydrogen-bond acceptors (Lipinski definition) is 2. The molecule has 0 aromatic heterocycles. The van der Waals surface area contributed by atoms with Crippen LogP contribution in [0.3, 0.4) is 0 Å². The molecular formula is C12H14O2. The first-order valence-electron chi connectivity index (χ1n) is 5.03. The molecule has 0 saturated heterocycles. The number of aromatic hydroxyl groups is 1. The minimum absolute atomic E-state index is 0.0836. The van der Waals surface area contributed by atoms with Crippen molar-refractivity contribution >= 4 is 5.78 Å². The van der Waals surface area contributed by atoms with Gasteiger partial charge in [0.2, 0.25) is 0 Å². The number of carbonyl (C=O) groups excluding carboxylic acids is 1. The normalized spacial score (nSPS) is 19.9. The van der Waals surface area contributed by atoms with Crippen molar-refractivity contribution < 1.29 is 9.90 Å². The first-order valence-corrected chi connectivity index (χ1v) is 5.03. The van der Waals surface area contributed by atoms with E-state index in [1.165, 1.54) is 5.56 Å². The Morgan fingerprint density at radius 1 is 1.50 bits per heavy atom. The van der Waals surface area contributed by atoms with Crippen LogP contribution in [-0.2, 0) is 6.42 Å². The largest absolute Gasteiger partial charge is 0.507 e. The van der Waals surface area contributed by atoms with Gasteiger partial charge in [-0.25, -0.2) is 0 Å². The molecule has 1 aliphatic rings. The standard InChI is InChI=1S/C12H14O2/c1-3-8-4-5-9(13)12-10(14)6-7(2)11(8)12/h4-5,7,13H,3,6H2,1-2H3/t7-/m1/s1. The molecule has 1 N–H and O–H groups in total. The third-order valence-corrected chi connectivity index (χ3v) is 2.96. The summed E-state index contributed by atoms with van der Waals surface area (Å²) < 4.78 is 0. The number of Topliss-reactive ketones (excluding diaryl/α,β-unsaturated/α-hetero) is 1. The summed E-state index contributed by atoms with van der Waals surface area (Å²) in [5.41, 5.74) is 2.82. The number of fused-ring (bicyclic) bond motifs is 1. The molecule has 14 heavy (non-hydrogen) atoms. The van der Waals surface area contributed by atoms with Crippen molar-refractivity contribution in [3.63, 3.8) is 0 Å². The first-order chi connectivity index (χ1) is 6.65. The summed E-state index contributed by atoms with van der Waals surface area (Å²) in [6.07, 6.45) is 1.46. The van der Waals surface area contributed by atoms with Crippen LogP contribution < -0.4 is 0 Å². The molecule has 2 rings (SSSR count). The highest BCUT2D eigenvalue weighted by Crippen LogP contribution is 2.39. The minimum Gasteiger partial charge on any atom is -0.507 e. The zero-order valence-corrected chi connectivity index (χ0v) is 8.50. The Morgan fingerprint density at radius 3 is 2.86 bits per heavy atom. The van der Waals surface area contributed by atoms with Crippen LogP contribution in [0.4, 0.5) is 0 Å². The lowest BCUT2D eigenvalue weighted by atomic mass is 9.95. The number of ketones is 1. The summed E-state index contributed by atoms with van der Waals surface area (Å²) in [7, 11) is 0. The van der Waals surface area contributed by atoms with Crippen LogP contribution in [0.25, 0.3) is 0 Å². The van der Waals surface area contributed by atoms with E-state index in [-0.39, 0.29) is 17.5 Å².